The summed E-state index contributed by atoms with van der Waals surface area (Å²) in [7, 11) is 2.79. The molecule has 0 saturated carbocycles. The summed E-state index contributed by atoms with van der Waals surface area (Å²) in [6.07, 6.45) is 0.426. The number of hydrogen-bond acceptors (Lipinski definition) is 12. The molecule has 51 heavy (non-hydrogen) atoms. The lowest BCUT2D eigenvalue weighted by atomic mass is 9.86. The predicted octanol–water partition coefficient (Wildman–Crippen LogP) is 2.34. The van der Waals surface area contributed by atoms with Crippen LogP contribution in [0.3, 0.4) is 0 Å². The van der Waals surface area contributed by atoms with Gasteiger partial charge in [0.05, 0.1) is 51.2 Å². The van der Waals surface area contributed by atoms with Gasteiger partial charge in [0, 0.05) is 13.1 Å². The van der Waals surface area contributed by atoms with Gasteiger partial charge in [-0.1, -0.05) is 45.0 Å². The number of methoxy groups -OCH3 is 2. The number of rotatable bonds is 14. The molecule has 3 aromatic rings. The Bertz CT molecular complexity index is 1580. The van der Waals surface area contributed by atoms with Crippen molar-refractivity contribution >= 4 is 18.1 Å². The van der Waals surface area contributed by atoms with Crippen LogP contribution in [0.5, 0.6) is 5.75 Å². The lowest BCUT2D eigenvalue weighted by molar-refractivity contribution is -0.131. The van der Waals surface area contributed by atoms with Crippen LogP contribution < -0.4 is 20.8 Å². The number of nitrogens with zero attached hydrogens (tertiary/aromatic N) is 4. The maximum absolute atomic E-state index is 13.8. The molecule has 3 heterocycles. The maximum Gasteiger partial charge on any atom is 0.407 e. The lowest BCUT2D eigenvalue weighted by Crippen LogP contribution is -2.59. The van der Waals surface area contributed by atoms with Crippen molar-refractivity contribution in [3.63, 3.8) is 0 Å². The minimum Gasteiger partial charge on any atom is -0.497 e. The molecule has 2 aliphatic rings. The molecule has 16 heteroatoms. The van der Waals surface area contributed by atoms with Crippen LogP contribution in [0.2, 0.25) is 0 Å². The maximum atomic E-state index is 13.8. The van der Waals surface area contributed by atoms with Gasteiger partial charge >= 0.3 is 12.2 Å². The molecule has 6 atom stereocenters. The van der Waals surface area contributed by atoms with E-state index in [9.17, 15) is 19.5 Å². The molecule has 5 rings (SSSR count). The highest BCUT2D eigenvalue weighted by Crippen LogP contribution is 2.33. The van der Waals surface area contributed by atoms with Crippen LogP contribution in [0.4, 0.5) is 9.59 Å². The van der Waals surface area contributed by atoms with Gasteiger partial charge in [-0.05, 0) is 53.6 Å². The second kappa shape index (κ2) is 17.0. The van der Waals surface area contributed by atoms with E-state index in [1.54, 1.807) is 35.3 Å². The van der Waals surface area contributed by atoms with Crippen LogP contribution >= 0.6 is 0 Å². The van der Waals surface area contributed by atoms with Gasteiger partial charge in [0.2, 0.25) is 0 Å². The minimum atomic E-state index is -1.21. The van der Waals surface area contributed by atoms with Gasteiger partial charge in [-0.2, -0.15) is 5.10 Å². The van der Waals surface area contributed by atoms with Gasteiger partial charge in [0.1, 0.15) is 30.5 Å². The molecule has 0 spiro atoms. The number of nitrogens with one attached hydrogen (secondary N) is 3. The first-order valence-corrected chi connectivity index (χ1v) is 16.8. The Balaban J connectivity index is 1.36. The number of carbonyl (C=O) groups excluding carboxylic acids is 3. The number of aromatic nitrogens is 3. The van der Waals surface area contributed by atoms with Crippen molar-refractivity contribution in [1.82, 2.24) is 35.8 Å². The molecule has 2 saturated heterocycles. The fraction of sp³-hybridized carbons (Fsp3) is 0.514. The van der Waals surface area contributed by atoms with Crippen LogP contribution in [-0.4, -0.2) is 108 Å². The van der Waals surface area contributed by atoms with E-state index in [4.69, 9.17) is 23.7 Å². The van der Waals surface area contributed by atoms with Gasteiger partial charge in [-0.15, -0.1) is 0 Å². The van der Waals surface area contributed by atoms with E-state index in [1.165, 1.54) is 13.4 Å². The molecular formula is C35H47N7O9. The minimum absolute atomic E-state index is 0.0586. The summed E-state index contributed by atoms with van der Waals surface area (Å²) >= 11 is 0. The third-order valence-electron chi connectivity index (χ3n) is 8.87. The molecule has 2 aliphatic heterocycles. The average Bonchev–Trinajstić information content (AvgIpc) is 3.88. The number of ether oxygens (including phenoxy) is 5. The van der Waals surface area contributed by atoms with Gasteiger partial charge in [-0.25, -0.2) is 24.3 Å². The zero-order chi connectivity index (χ0) is 36.5. The number of hydrogen-bond donors (Lipinski definition) is 4. The molecule has 0 radical (unpaired) electrons. The van der Waals surface area contributed by atoms with E-state index in [2.05, 4.69) is 26.1 Å². The SMILES string of the molecule is COC(=O)NC(C(=O)NN(Cc1ccc(-n2cncn2)cc1)CC(O)C(Cc1ccc(OC)cc1)NC(=O)OC1COC2OCCC12)C(C)(C)C. The summed E-state index contributed by atoms with van der Waals surface area (Å²) in [5, 5.41) is 23.0. The van der Waals surface area contributed by atoms with Crippen LogP contribution in [-0.2, 0) is 36.7 Å². The molecule has 2 fully saturated rings. The Morgan fingerprint density at radius 3 is 2.39 bits per heavy atom. The van der Waals surface area contributed by atoms with Crippen molar-refractivity contribution in [2.75, 3.05) is 34.0 Å². The molecular weight excluding hydrogens is 662 g/mol. The van der Waals surface area contributed by atoms with Gasteiger partial charge < -0.3 is 39.4 Å². The van der Waals surface area contributed by atoms with E-state index in [1.807, 2.05) is 57.2 Å². The predicted molar refractivity (Wildman–Crippen MR) is 182 cm³/mol. The summed E-state index contributed by atoms with van der Waals surface area (Å²) in [5.74, 6) is 0.0835. The Morgan fingerprint density at radius 2 is 1.75 bits per heavy atom. The molecule has 0 aliphatic carbocycles. The fourth-order valence-electron chi connectivity index (χ4n) is 6.06. The van der Waals surface area contributed by atoms with Crippen molar-refractivity contribution < 1.29 is 43.2 Å². The monoisotopic (exact) mass is 709 g/mol. The van der Waals surface area contributed by atoms with Crippen LogP contribution in [0.25, 0.3) is 5.69 Å². The van der Waals surface area contributed by atoms with E-state index in [0.29, 0.717) is 12.4 Å². The van der Waals surface area contributed by atoms with Crippen molar-refractivity contribution in [2.24, 2.45) is 11.3 Å². The topological polar surface area (TPSA) is 188 Å². The Hall–Kier alpha value is -4.77. The number of alkyl carbamates (subject to hydrolysis) is 2. The zero-order valence-corrected chi connectivity index (χ0v) is 29.5. The molecule has 0 bridgehead atoms. The first-order valence-electron chi connectivity index (χ1n) is 16.8. The lowest BCUT2D eigenvalue weighted by Gasteiger charge is -2.34. The van der Waals surface area contributed by atoms with Crippen LogP contribution in [0.15, 0.2) is 61.2 Å². The van der Waals surface area contributed by atoms with Gasteiger partial charge in [0.15, 0.2) is 6.29 Å². The standard InChI is InChI=1S/C35H47N7O9/c1-35(2,3)30(39-33(45)48-5)31(44)40-41(17-23-6-10-24(11-7-23)42-21-36-20-37-42)18-28(43)27(16-22-8-12-25(47-4)13-9-22)38-34(46)51-29-19-50-32-26(29)14-15-49-32/h6-13,20-21,26-30,32,43H,14-19H2,1-5H3,(H,38,46)(H,39,45)(H,40,44). The Kier molecular flexibility index (Phi) is 12.5. The molecule has 2 aromatic carbocycles. The molecule has 276 valence electrons. The number of aliphatic hydroxyl groups is 1. The number of benzene rings is 2. The van der Waals surface area contributed by atoms with E-state index in [0.717, 1.165) is 23.2 Å². The highest BCUT2D eigenvalue weighted by Gasteiger charge is 2.44. The summed E-state index contributed by atoms with van der Waals surface area (Å²) in [4.78, 5) is 43.3. The zero-order valence-electron chi connectivity index (χ0n) is 29.5. The fourth-order valence-corrected chi connectivity index (χ4v) is 6.06. The third-order valence-corrected chi connectivity index (χ3v) is 8.87. The van der Waals surface area contributed by atoms with Crippen molar-refractivity contribution in [3.8, 4) is 11.4 Å². The number of hydrazine groups is 1. The Morgan fingerprint density at radius 1 is 1.02 bits per heavy atom. The molecule has 1 aromatic heterocycles. The average molecular weight is 710 g/mol. The van der Waals surface area contributed by atoms with E-state index >= 15 is 0 Å². The van der Waals surface area contributed by atoms with Gasteiger partial charge in [-0.3, -0.25) is 10.2 Å². The largest absolute Gasteiger partial charge is 0.497 e. The number of fused-ring (bicyclic) bond motifs is 1. The summed E-state index contributed by atoms with van der Waals surface area (Å²) in [6.45, 7) is 6.24. The number of aliphatic hydroxyl groups excluding tert-OH is 1. The molecule has 16 nitrogen and oxygen atoms in total. The van der Waals surface area contributed by atoms with Crippen molar-refractivity contribution in [1.29, 1.82) is 0 Å². The van der Waals surface area contributed by atoms with E-state index in [-0.39, 0.29) is 32.0 Å². The smallest absolute Gasteiger partial charge is 0.407 e. The number of carbonyl (C=O) groups is 3. The molecule has 3 amide bonds. The highest BCUT2D eigenvalue weighted by molar-refractivity contribution is 5.86. The second-order valence-electron chi connectivity index (χ2n) is 13.6. The summed E-state index contributed by atoms with van der Waals surface area (Å²) in [5.41, 5.74) is 4.60. The summed E-state index contributed by atoms with van der Waals surface area (Å²) < 4.78 is 28.6. The van der Waals surface area contributed by atoms with E-state index < -0.39 is 54.1 Å². The molecule has 4 N–H and O–H groups in total. The first-order chi connectivity index (χ1) is 24.4. The Labute approximate surface area is 296 Å². The van der Waals surface area contributed by atoms with Crippen LogP contribution in [0.1, 0.15) is 38.3 Å². The quantitative estimate of drug-likeness (QED) is 0.179. The van der Waals surface area contributed by atoms with Crippen molar-refractivity contribution in [3.05, 3.63) is 72.3 Å². The molecule has 6 unspecified atom stereocenters. The third kappa shape index (κ3) is 10.2. The number of amides is 3. The normalized spacial score (nSPS) is 20.2. The van der Waals surface area contributed by atoms with Gasteiger partial charge in [0.25, 0.3) is 5.91 Å². The second-order valence-corrected chi connectivity index (χ2v) is 13.6. The van der Waals surface area contributed by atoms with Crippen LogP contribution in [0, 0.1) is 11.3 Å². The summed E-state index contributed by atoms with van der Waals surface area (Å²) in [6, 6.07) is 12.9. The van der Waals surface area contributed by atoms with Crippen molar-refractivity contribution in [2.45, 2.75) is 70.7 Å². The first kappa shape index (κ1) is 37.5. The highest BCUT2D eigenvalue weighted by atomic mass is 16.7.